The molecule has 2 aliphatic rings. The van der Waals surface area contributed by atoms with Crippen molar-refractivity contribution >= 4 is 11.9 Å². The number of carbonyl (C=O) groups is 1. The van der Waals surface area contributed by atoms with Gasteiger partial charge in [0, 0.05) is 70.7 Å². The van der Waals surface area contributed by atoms with E-state index in [2.05, 4.69) is 24.5 Å². The summed E-state index contributed by atoms with van der Waals surface area (Å²) in [5, 5.41) is 0. The van der Waals surface area contributed by atoms with Crippen molar-refractivity contribution in [3.63, 3.8) is 0 Å². The molecule has 1 amide bonds. The van der Waals surface area contributed by atoms with Crippen LogP contribution in [0.5, 0.6) is 0 Å². The topological polar surface area (TPSA) is 61.8 Å². The highest BCUT2D eigenvalue weighted by atomic mass is 19.4. The maximum Gasteiger partial charge on any atom is 0.411 e. The number of hydrogen-bond donors (Lipinski definition) is 0. The van der Waals surface area contributed by atoms with E-state index in [-0.39, 0.29) is 18.4 Å². The number of halogens is 3. The fraction of sp³-hybridized carbons (Fsp3) is 0.737. The molecule has 7 nitrogen and oxygen atoms in total. The zero-order chi connectivity index (χ0) is 20.7. The van der Waals surface area contributed by atoms with Crippen molar-refractivity contribution in [3.05, 3.63) is 18.5 Å². The number of alkyl halides is 3. The number of amides is 1. The molecule has 29 heavy (non-hydrogen) atoms. The van der Waals surface area contributed by atoms with E-state index >= 15 is 0 Å². The Hall–Kier alpha value is -1.94. The number of nitrogens with zero attached hydrogens (tertiary/aromatic N) is 5. The van der Waals surface area contributed by atoms with Crippen LogP contribution < -0.4 is 4.90 Å². The van der Waals surface area contributed by atoms with Gasteiger partial charge in [0.2, 0.25) is 11.9 Å². The molecule has 0 atom stereocenters. The Morgan fingerprint density at radius 1 is 1.07 bits per heavy atom. The van der Waals surface area contributed by atoms with E-state index in [1.165, 1.54) is 0 Å². The third-order valence-corrected chi connectivity index (χ3v) is 5.39. The summed E-state index contributed by atoms with van der Waals surface area (Å²) in [5.74, 6) is 0.968. The van der Waals surface area contributed by atoms with Gasteiger partial charge in [-0.3, -0.25) is 9.69 Å². The van der Waals surface area contributed by atoms with E-state index < -0.39 is 12.8 Å². The molecule has 3 rings (SSSR count). The van der Waals surface area contributed by atoms with Crippen LogP contribution in [0.2, 0.25) is 0 Å². The summed E-state index contributed by atoms with van der Waals surface area (Å²) < 4.78 is 40.7. The van der Waals surface area contributed by atoms with Crippen LogP contribution >= 0.6 is 0 Å². The number of piperazine rings is 1. The summed E-state index contributed by atoms with van der Waals surface area (Å²) in [6.07, 6.45) is 1.34. The number of anilines is 1. The van der Waals surface area contributed by atoms with Gasteiger partial charge in [-0.15, -0.1) is 0 Å². The summed E-state index contributed by atoms with van der Waals surface area (Å²) in [4.78, 5) is 27.6. The third kappa shape index (κ3) is 6.81. The molecule has 1 aromatic rings. The Kier molecular flexibility index (Phi) is 7.65. The number of piperidine rings is 1. The SMILES string of the molecule is O=C(C1CCN(c2ncccn2)CC1)N1CCN(CCCOCC(F)(F)F)CC1. The van der Waals surface area contributed by atoms with Gasteiger partial charge < -0.3 is 14.5 Å². The zero-order valence-electron chi connectivity index (χ0n) is 16.5. The van der Waals surface area contributed by atoms with E-state index in [0.29, 0.717) is 32.0 Å². The molecular weight excluding hydrogens is 387 g/mol. The van der Waals surface area contributed by atoms with Crippen molar-refractivity contribution in [1.29, 1.82) is 0 Å². The highest BCUT2D eigenvalue weighted by Crippen LogP contribution is 2.23. The monoisotopic (exact) mass is 415 g/mol. The summed E-state index contributed by atoms with van der Waals surface area (Å²) in [5.41, 5.74) is 0. The first-order valence-electron chi connectivity index (χ1n) is 10.1. The molecule has 0 saturated carbocycles. The lowest BCUT2D eigenvalue weighted by molar-refractivity contribution is -0.174. The van der Waals surface area contributed by atoms with E-state index in [1.807, 2.05) is 4.90 Å². The van der Waals surface area contributed by atoms with Gasteiger partial charge in [-0.1, -0.05) is 0 Å². The van der Waals surface area contributed by atoms with Crippen molar-refractivity contribution in [2.75, 3.05) is 63.9 Å². The van der Waals surface area contributed by atoms with Crippen LogP contribution in [0.1, 0.15) is 19.3 Å². The molecule has 3 heterocycles. The van der Waals surface area contributed by atoms with Crippen LogP contribution in [0.3, 0.4) is 0 Å². The number of rotatable bonds is 7. The largest absolute Gasteiger partial charge is 0.411 e. The first-order valence-corrected chi connectivity index (χ1v) is 10.1. The first-order chi connectivity index (χ1) is 13.9. The molecule has 0 unspecified atom stereocenters. The number of ether oxygens (including phenoxy) is 1. The summed E-state index contributed by atoms with van der Waals surface area (Å²) >= 11 is 0. The summed E-state index contributed by atoms with van der Waals surface area (Å²) in [6.45, 7) is 4.00. The number of hydrogen-bond acceptors (Lipinski definition) is 6. The molecule has 0 aromatic carbocycles. The molecule has 1 aromatic heterocycles. The maximum absolute atomic E-state index is 12.8. The van der Waals surface area contributed by atoms with Gasteiger partial charge in [0.15, 0.2) is 0 Å². The van der Waals surface area contributed by atoms with E-state index in [4.69, 9.17) is 0 Å². The van der Waals surface area contributed by atoms with Crippen molar-refractivity contribution in [1.82, 2.24) is 19.8 Å². The van der Waals surface area contributed by atoms with Crippen LogP contribution in [-0.4, -0.2) is 90.9 Å². The van der Waals surface area contributed by atoms with Gasteiger partial charge in [0.25, 0.3) is 0 Å². The fourth-order valence-electron chi connectivity index (χ4n) is 3.81. The molecule has 2 fully saturated rings. The molecule has 0 N–H and O–H groups in total. The minimum Gasteiger partial charge on any atom is -0.372 e. The minimum atomic E-state index is -4.27. The van der Waals surface area contributed by atoms with E-state index in [1.54, 1.807) is 18.5 Å². The molecule has 10 heteroatoms. The lowest BCUT2D eigenvalue weighted by atomic mass is 9.95. The third-order valence-electron chi connectivity index (χ3n) is 5.39. The molecule has 2 aliphatic heterocycles. The van der Waals surface area contributed by atoms with Gasteiger partial charge in [0.1, 0.15) is 6.61 Å². The Morgan fingerprint density at radius 2 is 1.72 bits per heavy atom. The van der Waals surface area contributed by atoms with Crippen LogP contribution in [-0.2, 0) is 9.53 Å². The lowest BCUT2D eigenvalue weighted by Gasteiger charge is -2.38. The Bertz CT molecular complexity index is 630. The highest BCUT2D eigenvalue weighted by Gasteiger charge is 2.31. The number of aromatic nitrogens is 2. The van der Waals surface area contributed by atoms with Gasteiger partial charge in [-0.2, -0.15) is 13.2 Å². The Labute approximate surface area is 168 Å². The molecule has 0 spiro atoms. The predicted octanol–water partition coefficient (Wildman–Crippen LogP) is 1.81. The molecular formula is C19H28F3N5O2. The molecule has 2 saturated heterocycles. The van der Waals surface area contributed by atoms with Gasteiger partial charge >= 0.3 is 6.18 Å². The second-order valence-electron chi connectivity index (χ2n) is 7.50. The standard InChI is InChI=1S/C19H28F3N5O2/c20-19(21,22)15-29-14-2-7-25-10-12-26(13-11-25)17(28)16-3-8-27(9-4-16)18-23-5-1-6-24-18/h1,5-6,16H,2-4,7-15H2. The second-order valence-corrected chi connectivity index (χ2v) is 7.50. The lowest BCUT2D eigenvalue weighted by Crippen LogP contribution is -2.51. The van der Waals surface area contributed by atoms with Crippen LogP contribution in [0, 0.1) is 5.92 Å². The van der Waals surface area contributed by atoms with Crippen LogP contribution in [0.25, 0.3) is 0 Å². The molecule has 162 valence electrons. The van der Waals surface area contributed by atoms with Crippen LogP contribution in [0.15, 0.2) is 18.5 Å². The smallest absolute Gasteiger partial charge is 0.372 e. The van der Waals surface area contributed by atoms with E-state index in [9.17, 15) is 18.0 Å². The normalized spacial score (nSPS) is 19.6. The highest BCUT2D eigenvalue weighted by molar-refractivity contribution is 5.79. The van der Waals surface area contributed by atoms with Gasteiger partial charge in [-0.25, -0.2) is 9.97 Å². The molecule has 0 bridgehead atoms. The second kappa shape index (κ2) is 10.2. The average Bonchev–Trinajstić information content (AvgIpc) is 2.73. The fourth-order valence-corrected chi connectivity index (χ4v) is 3.81. The Morgan fingerprint density at radius 3 is 2.34 bits per heavy atom. The summed E-state index contributed by atoms with van der Waals surface area (Å²) in [7, 11) is 0. The number of carbonyl (C=O) groups excluding carboxylic acids is 1. The Balaban J connectivity index is 1.32. The van der Waals surface area contributed by atoms with Crippen LogP contribution in [0.4, 0.5) is 19.1 Å². The molecule has 0 radical (unpaired) electrons. The predicted molar refractivity (Wildman–Crippen MR) is 101 cm³/mol. The maximum atomic E-state index is 12.8. The van der Waals surface area contributed by atoms with E-state index in [0.717, 1.165) is 39.0 Å². The first kappa shape index (κ1) is 21.8. The van der Waals surface area contributed by atoms with Gasteiger partial charge in [0.05, 0.1) is 0 Å². The zero-order valence-corrected chi connectivity index (χ0v) is 16.5. The quantitative estimate of drug-likeness (QED) is 0.633. The molecule has 0 aliphatic carbocycles. The summed E-state index contributed by atoms with van der Waals surface area (Å²) in [6, 6.07) is 1.79. The van der Waals surface area contributed by atoms with Crippen molar-refractivity contribution < 1.29 is 22.7 Å². The average molecular weight is 415 g/mol. The minimum absolute atomic E-state index is 0.0391. The van der Waals surface area contributed by atoms with Crippen molar-refractivity contribution in [2.24, 2.45) is 5.92 Å². The van der Waals surface area contributed by atoms with Crippen molar-refractivity contribution in [2.45, 2.75) is 25.4 Å². The van der Waals surface area contributed by atoms with Gasteiger partial charge in [-0.05, 0) is 25.3 Å². The van der Waals surface area contributed by atoms with Crippen molar-refractivity contribution in [3.8, 4) is 0 Å².